The summed E-state index contributed by atoms with van der Waals surface area (Å²) in [5.41, 5.74) is 4.01. The second kappa shape index (κ2) is 5.84. The van der Waals surface area contributed by atoms with E-state index in [1.807, 2.05) is 12.1 Å². The minimum atomic E-state index is -0.529. The van der Waals surface area contributed by atoms with Crippen LogP contribution in [0.3, 0.4) is 0 Å². The number of aryl methyl sites for hydroxylation is 2. The lowest BCUT2D eigenvalue weighted by molar-refractivity contribution is 0.0304. The number of ether oxygens (including phenoxy) is 1. The van der Waals surface area contributed by atoms with E-state index < -0.39 is 5.60 Å². The van der Waals surface area contributed by atoms with Crippen molar-refractivity contribution in [1.82, 2.24) is 0 Å². The van der Waals surface area contributed by atoms with Crippen molar-refractivity contribution in [2.45, 2.75) is 64.9 Å². The zero-order valence-electron chi connectivity index (χ0n) is 15.4. The van der Waals surface area contributed by atoms with E-state index in [2.05, 4.69) is 58.9 Å². The summed E-state index contributed by atoms with van der Waals surface area (Å²) in [4.78, 5) is 0. The maximum Gasteiger partial charge on any atom is 0.136 e. The number of benzene rings is 2. The van der Waals surface area contributed by atoms with Gasteiger partial charge in [0.1, 0.15) is 17.1 Å². The number of rotatable bonds is 3. The summed E-state index contributed by atoms with van der Waals surface area (Å²) in [6.07, 6.45) is 2.74. The van der Waals surface area contributed by atoms with E-state index in [0.717, 1.165) is 36.1 Å². The molecule has 0 spiro atoms. The molecule has 2 aromatic carbocycles. The largest absolute Gasteiger partial charge is 0.508 e. The molecule has 2 aromatic rings. The van der Waals surface area contributed by atoms with E-state index in [9.17, 15) is 5.11 Å². The maximum absolute atomic E-state index is 10.6. The highest BCUT2D eigenvalue weighted by atomic mass is 16.5. The molecule has 0 fully saturated rings. The quantitative estimate of drug-likeness (QED) is 0.808. The van der Waals surface area contributed by atoms with Crippen LogP contribution in [-0.2, 0) is 23.9 Å². The third kappa shape index (κ3) is 2.79. The molecule has 0 amide bonds. The second-order valence-corrected chi connectivity index (χ2v) is 7.78. The van der Waals surface area contributed by atoms with Crippen LogP contribution < -0.4 is 4.74 Å². The molecule has 1 heterocycles. The highest BCUT2D eigenvalue weighted by Crippen LogP contribution is 2.50. The van der Waals surface area contributed by atoms with Crippen molar-refractivity contribution >= 4 is 0 Å². The zero-order chi connectivity index (χ0) is 17.5. The molecule has 0 aromatic heterocycles. The first-order chi connectivity index (χ1) is 11.3. The lowest BCUT2D eigenvalue weighted by atomic mass is 9.70. The van der Waals surface area contributed by atoms with E-state index in [-0.39, 0.29) is 5.41 Å². The molecule has 0 radical (unpaired) electrons. The van der Waals surface area contributed by atoms with Gasteiger partial charge in [-0.1, -0.05) is 52.0 Å². The summed E-state index contributed by atoms with van der Waals surface area (Å²) < 4.78 is 6.48. The van der Waals surface area contributed by atoms with Crippen LogP contribution in [0.5, 0.6) is 11.5 Å². The topological polar surface area (TPSA) is 29.5 Å². The van der Waals surface area contributed by atoms with Crippen molar-refractivity contribution in [1.29, 1.82) is 0 Å². The fourth-order valence-corrected chi connectivity index (χ4v) is 4.04. The summed E-state index contributed by atoms with van der Waals surface area (Å²) in [5.74, 6) is 1.29. The van der Waals surface area contributed by atoms with E-state index in [0.29, 0.717) is 5.75 Å². The molecular weight excluding hydrogens is 296 g/mol. The Hall–Kier alpha value is -1.96. The van der Waals surface area contributed by atoms with Crippen LogP contribution >= 0.6 is 0 Å². The van der Waals surface area contributed by atoms with Gasteiger partial charge in [0.15, 0.2) is 0 Å². The molecule has 128 valence electrons. The van der Waals surface area contributed by atoms with Crippen molar-refractivity contribution in [3.05, 3.63) is 58.7 Å². The molecule has 2 heteroatoms. The average molecular weight is 324 g/mol. The SMILES string of the molecule is CCc1ccc([C@@]2(C)CC(C)(C)c3ccc(CC)cc3O2)c(O)c1. The summed E-state index contributed by atoms with van der Waals surface area (Å²) in [6, 6.07) is 12.5. The first-order valence-corrected chi connectivity index (χ1v) is 8.94. The Labute approximate surface area is 145 Å². The number of phenols is 1. The van der Waals surface area contributed by atoms with Gasteiger partial charge in [-0.3, -0.25) is 0 Å². The van der Waals surface area contributed by atoms with Gasteiger partial charge in [0.2, 0.25) is 0 Å². The van der Waals surface area contributed by atoms with Crippen molar-refractivity contribution in [2.75, 3.05) is 0 Å². The van der Waals surface area contributed by atoms with E-state index in [1.54, 1.807) is 0 Å². The van der Waals surface area contributed by atoms with Crippen LogP contribution in [0.2, 0.25) is 0 Å². The summed E-state index contributed by atoms with van der Waals surface area (Å²) in [7, 11) is 0. The Balaban J connectivity index is 2.09. The first kappa shape index (κ1) is 16.9. The van der Waals surface area contributed by atoms with Crippen molar-refractivity contribution in [3.8, 4) is 11.5 Å². The molecule has 1 N–H and O–H groups in total. The fourth-order valence-electron chi connectivity index (χ4n) is 4.04. The van der Waals surface area contributed by atoms with E-state index >= 15 is 0 Å². The van der Waals surface area contributed by atoms with Crippen LogP contribution in [0.4, 0.5) is 0 Å². The molecule has 3 rings (SSSR count). The van der Waals surface area contributed by atoms with Crippen molar-refractivity contribution in [2.24, 2.45) is 0 Å². The van der Waals surface area contributed by atoms with Gasteiger partial charge in [0.05, 0.1) is 0 Å². The van der Waals surface area contributed by atoms with Crippen LogP contribution in [0.1, 0.15) is 63.3 Å². The third-order valence-electron chi connectivity index (χ3n) is 5.34. The second-order valence-electron chi connectivity index (χ2n) is 7.78. The van der Waals surface area contributed by atoms with Gasteiger partial charge in [-0.25, -0.2) is 0 Å². The molecule has 1 aliphatic rings. The summed E-state index contributed by atoms with van der Waals surface area (Å²) >= 11 is 0. The maximum atomic E-state index is 10.6. The third-order valence-corrected chi connectivity index (χ3v) is 5.34. The Morgan fingerprint density at radius 1 is 0.917 bits per heavy atom. The van der Waals surface area contributed by atoms with Gasteiger partial charge in [-0.05, 0) is 54.0 Å². The normalized spacial score (nSPS) is 21.9. The lowest BCUT2D eigenvalue weighted by Gasteiger charge is -2.44. The molecule has 0 saturated carbocycles. The van der Waals surface area contributed by atoms with Gasteiger partial charge in [0.25, 0.3) is 0 Å². The predicted octanol–water partition coefficient (Wildman–Crippen LogP) is 5.49. The average Bonchev–Trinajstić information content (AvgIpc) is 2.52. The van der Waals surface area contributed by atoms with Gasteiger partial charge >= 0.3 is 0 Å². The Kier molecular flexibility index (Phi) is 4.11. The zero-order valence-corrected chi connectivity index (χ0v) is 15.4. The first-order valence-electron chi connectivity index (χ1n) is 8.94. The highest BCUT2D eigenvalue weighted by molar-refractivity contribution is 5.48. The minimum Gasteiger partial charge on any atom is -0.508 e. The molecule has 1 aliphatic heterocycles. The van der Waals surface area contributed by atoms with Gasteiger partial charge in [-0.2, -0.15) is 0 Å². The number of phenolic OH excluding ortho intramolecular Hbond substituents is 1. The minimum absolute atomic E-state index is 0.00945. The van der Waals surface area contributed by atoms with Crippen LogP contribution in [0.15, 0.2) is 36.4 Å². The molecule has 0 aliphatic carbocycles. The number of hydrogen-bond acceptors (Lipinski definition) is 2. The van der Waals surface area contributed by atoms with Gasteiger partial charge in [0, 0.05) is 12.0 Å². The van der Waals surface area contributed by atoms with E-state index in [1.165, 1.54) is 11.1 Å². The highest BCUT2D eigenvalue weighted by Gasteiger charge is 2.44. The smallest absolute Gasteiger partial charge is 0.136 e. The molecule has 1 atom stereocenters. The molecular formula is C22H28O2. The monoisotopic (exact) mass is 324 g/mol. The number of fused-ring (bicyclic) bond motifs is 1. The summed E-state index contributed by atoms with van der Waals surface area (Å²) in [5, 5.41) is 10.6. The van der Waals surface area contributed by atoms with Gasteiger partial charge in [-0.15, -0.1) is 0 Å². The van der Waals surface area contributed by atoms with Crippen LogP contribution in [-0.4, -0.2) is 5.11 Å². The fraction of sp³-hybridized carbons (Fsp3) is 0.455. The Morgan fingerprint density at radius 2 is 1.50 bits per heavy atom. The van der Waals surface area contributed by atoms with Crippen LogP contribution in [0.25, 0.3) is 0 Å². The molecule has 0 bridgehead atoms. The Morgan fingerprint density at radius 3 is 2.08 bits per heavy atom. The Bertz CT molecular complexity index is 761. The molecule has 2 nitrogen and oxygen atoms in total. The summed E-state index contributed by atoms with van der Waals surface area (Å²) in [6.45, 7) is 10.9. The number of aromatic hydroxyl groups is 1. The standard InChI is InChI=1S/C22H28O2/c1-6-15-8-10-17(19(23)12-15)22(5)14-21(3,4)18-11-9-16(7-2)13-20(18)24-22/h8-13,23H,6-7,14H2,1-5H3/t22-/m1/s1. The molecule has 0 saturated heterocycles. The van der Waals surface area contributed by atoms with Crippen molar-refractivity contribution < 1.29 is 9.84 Å². The lowest BCUT2D eigenvalue weighted by Crippen LogP contribution is -2.41. The predicted molar refractivity (Wildman–Crippen MR) is 98.9 cm³/mol. The molecule has 0 unspecified atom stereocenters. The molecule has 24 heavy (non-hydrogen) atoms. The van der Waals surface area contributed by atoms with Crippen molar-refractivity contribution in [3.63, 3.8) is 0 Å². The van der Waals surface area contributed by atoms with E-state index in [4.69, 9.17) is 4.74 Å². The van der Waals surface area contributed by atoms with Gasteiger partial charge < -0.3 is 9.84 Å². The number of hydrogen-bond donors (Lipinski definition) is 1. The van der Waals surface area contributed by atoms with Crippen LogP contribution in [0, 0.1) is 0 Å².